The molecule has 6 nitrogen and oxygen atoms in total. The molecule has 0 saturated carbocycles. The number of benzene rings is 2. The molecule has 0 bridgehead atoms. The van der Waals surface area contributed by atoms with Crippen LogP contribution in [-0.2, 0) is 0 Å². The van der Waals surface area contributed by atoms with Crippen molar-refractivity contribution in [2.24, 2.45) is 0 Å². The Morgan fingerprint density at radius 3 is 2.20 bits per heavy atom. The highest BCUT2D eigenvalue weighted by atomic mass is 16.6. The highest BCUT2D eigenvalue weighted by Gasteiger charge is 2.22. The van der Waals surface area contributed by atoms with Gasteiger partial charge in [-0.25, -0.2) is 0 Å². The summed E-state index contributed by atoms with van der Waals surface area (Å²) in [6.07, 6.45) is 0. The fourth-order valence-electron chi connectivity index (χ4n) is 2.81. The summed E-state index contributed by atoms with van der Waals surface area (Å²) in [5.74, 6) is 0.713. The van der Waals surface area contributed by atoms with Crippen molar-refractivity contribution < 1.29 is 9.45 Å². The summed E-state index contributed by atoms with van der Waals surface area (Å²) in [5, 5.41) is 15.1. The average Bonchev–Trinajstić information content (AvgIpc) is 3.08. The topological polar surface area (TPSA) is 72.4 Å². The summed E-state index contributed by atoms with van der Waals surface area (Å²) >= 11 is 0. The molecule has 3 aromatic rings. The van der Waals surface area contributed by atoms with Crippen molar-refractivity contribution in [2.45, 2.75) is 13.8 Å². The Kier molecular flexibility index (Phi) is 4.79. The number of anilines is 1. The lowest BCUT2D eigenvalue weighted by atomic mass is 10.0. The lowest BCUT2D eigenvalue weighted by molar-refractivity contribution is -0.384. The minimum atomic E-state index is -0.411. The lowest BCUT2D eigenvalue weighted by Crippen LogP contribution is -2.21. The Balaban J connectivity index is 2.15. The predicted octanol–water partition coefficient (Wildman–Crippen LogP) is 4.76. The van der Waals surface area contributed by atoms with E-state index >= 15 is 0 Å². The molecule has 2 aromatic carbocycles. The molecule has 3 rings (SSSR count). The van der Waals surface area contributed by atoms with Crippen molar-refractivity contribution in [1.82, 2.24) is 5.16 Å². The van der Waals surface area contributed by atoms with Crippen LogP contribution in [0.15, 0.2) is 59.1 Å². The van der Waals surface area contributed by atoms with Gasteiger partial charge in [-0.15, -0.1) is 0 Å². The van der Waals surface area contributed by atoms with Gasteiger partial charge in [0, 0.05) is 30.8 Å². The number of aromatic nitrogens is 1. The normalized spacial score (nSPS) is 10.6. The predicted molar refractivity (Wildman–Crippen MR) is 97.6 cm³/mol. The summed E-state index contributed by atoms with van der Waals surface area (Å²) in [6.45, 7) is 5.72. The molecule has 0 amide bonds. The quantitative estimate of drug-likeness (QED) is 0.479. The lowest BCUT2D eigenvalue weighted by Gasteiger charge is -2.18. The van der Waals surface area contributed by atoms with Gasteiger partial charge in [-0.2, -0.15) is 0 Å². The monoisotopic (exact) mass is 337 g/mol. The number of non-ortho nitro benzene ring substituents is 1. The molecule has 0 atom stereocenters. The van der Waals surface area contributed by atoms with E-state index in [1.165, 1.54) is 12.1 Å². The van der Waals surface area contributed by atoms with Gasteiger partial charge in [-0.1, -0.05) is 35.5 Å². The van der Waals surface area contributed by atoms with Gasteiger partial charge >= 0.3 is 0 Å². The van der Waals surface area contributed by atoms with Gasteiger partial charge < -0.3 is 9.42 Å². The Morgan fingerprint density at radius 2 is 1.64 bits per heavy atom. The Morgan fingerprint density at radius 1 is 1.00 bits per heavy atom. The standard InChI is InChI=1S/C19H19N3O3/c1-3-21(4-2)19-17(14-8-6-5-7-9-14)18(20-25-19)15-10-12-16(13-11-15)22(23)24/h5-13H,3-4H2,1-2H3. The Hall–Kier alpha value is -3.15. The Labute approximate surface area is 145 Å². The number of nitrogens with zero attached hydrogens (tertiary/aromatic N) is 3. The van der Waals surface area contributed by atoms with E-state index in [0.29, 0.717) is 11.6 Å². The second kappa shape index (κ2) is 7.17. The van der Waals surface area contributed by atoms with Gasteiger partial charge in [0.05, 0.1) is 10.5 Å². The second-order valence-corrected chi connectivity index (χ2v) is 5.55. The van der Waals surface area contributed by atoms with Crippen molar-refractivity contribution in [2.75, 3.05) is 18.0 Å². The smallest absolute Gasteiger partial charge is 0.269 e. The first kappa shape index (κ1) is 16.7. The second-order valence-electron chi connectivity index (χ2n) is 5.55. The number of nitro benzene ring substituents is 1. The molecule has 25 heavy (non-hydrogen) atoms. The van der Waals surface area contributed by atoms with Gasteiger partial charge in [-0.05, 0) is 31.5 Å². The first-order chi connectivity index (χ1) is 12.2. The summed E-state index contributed by atoms with van der Waals surface area (Å²) in [7, 11) is 0. The molecule has 0 unspecified atom stereocenters. The zero-order valence-electron chi connectivity index (χ0n) is 14.2. The molecular weight excluding hydrogens is 318 g/mol. The first-order valence-corrected chi connectivity index (χ1v) is 8.20. The molecule has 6 heteroatoms. The molecular formula is C19H19N3O3. The molecule has 0 aliphatic rings. The van der Waals surface area contributed by atoms with E-state index in [1.54, 1.807) is 12.1 Å². The van der Waals surface area contributed by atoms with Crippen LogP contribution in [0.2, 0.25) is 0 Å². The SMILES string of the molecule is CCN(CC)c1onc(-c2ccc([N+](=O)[O-])cc2)c1-c1ccccc1. The van der Waals surface area contributed by atoms with E-state index in [1.807, 2.05) is 30.3 Å². The Bertz CT molecular complexity index is 853. The van der Waals surface area contributed by atoms with E-state index in [0.717, 1.165) is 29.8 Å². The minimum Gasteiger partial charge on any atom is -0.341 e. The van der Waals surface area contributed by atoms with Gasteiger partial charge in [0.2, 0.25) is 5.88 Å². The van der Waals surface area contributed by atoms with Gasteiger partial charge in [0.25, 0.3) is 5.69 Å². The van der Waals surface area contributed by atoms with E-state index in [2.05, 4.69) is 23.9 Å². The van der Waals surface area contributed by atoms with Gasteiger partial charge in [0.15, 0.2) is 0 Å². The molecule has 0 N–H and O–H groups in total. The summed E-state index contributed by atoms with van der Waals surface area (Å²) < 4.78 is 5.67. The molecule has 1 aromatic heterocycles. The maximum absolute atomic E-state index is 10.9. The largest absolute Gasteiger partial charge is 0.341 e. The van der Waals surface area contributed by atoms with Gasteiger partial charge in [-0.3, -0.25) is 10.1 Å². The molecule has 0 aliphatic heterocycles. The molecule has 0 fully saturated rings. The fraction of sp³-hybridized carbons (Fsp3) is 0.211. The number of nitro groups is 1. The molecule has 128 valence electrons. The maximum Gasteiger partial charge on any atom is 0.269 e. The van der Waals surface area contributed by atoms with Crippen molar-refractivity contribution >= 4 is 11.6 Å². The van der Waals surface area contributed by atoms with Crippen molar-refractivity contribution in [1.29, 1.82) is 0 Å². The van der Waals surface area contributed by atoms with E-state index in [9.17, 15) is 10.1 Å². The van der Waals surface area contributed by atoms with E-state index in [4.69, 9.17) is 4.52 Å². The van der Waals surface area contributed by atoms with Crippen LogP contribution in [0.25, 0.3) is 22.4 Å². The van der Waals surface area contributed by atoms with Crippen LogP contribution in [0.3, 0.4) is 0 Å². The number of hydrogen-bond acceptors (Lipinski definition) is 5. The fourth-order valence-corrected chi connectivity index (χ4v) is 2.81. The zero-order chi connectivity index (χ0) is 17.8. The van der Waals surface area contributed by atoms with Crippen LogP contribution in [-0.4, -0.2) is 23.2 Å². The highest BCUT2D eigenvalue weighted by Crippen LogP contribution is 2.39. The third-order valence-corrected chi connectivity index (χ3v) is 4.14. The summed E-state index contributed by atoms with van der Waals surface area (Å²) in [5.41, 5.74) is 3.42. The number of hydrogen-bond donors (Lipinski definition) is 0. The molecule has 1 heterocycles. The molecule has 0 saturated heterocycles. The maximum atomic E-state index is 10.9. The van der Waals surface area contributed by atoms with Crippen molar-refractivity contribution in [3.05, 3.63) is 64.7 Å². The average molecular weight is 337 g/mol. The molecule has 0 radical (unpaired) electrons. The summed E-state index contributed by atoms with van der Waals surface area (Å²) in [6, 6.07) is 16.3. The van der Waals surface area contributed by atoms with Crippen LogP contribution in [0.4, 0.5) is 11.6 Å². The van der Waals surface area contributed by atoms with Crippen molar-refractivity contribution in [3.8, 4) is 22.4 Å². The third-order valence-electron chi connectivity index (χ3n) is 4.14. The number of rotatable bonds is 6. The van der Waals surface area contributed by atoms with Crippen molar-refractivity contribution in [3.63, 3.8) is 0 Å². The molecule has 0 spiro atoms. The van der Waals surface area contributed by atoms with E-state index in [-0.39, 0.29) is 5.69 Å². The van der Waals surface area contributed by atoms with Crippen LogP contribution >= 0.6 is 0 Å². The minimum absolute atomic E-state index is 0.0532. The van der Waals surface area contributed by atoms with Crippen LogP contribution in [0, 0.1) is 10.1 Å². The van der Waals surface area contributed by atoms with Crippen LogP contribution in [0.1, 0.15) is 13.8 Å². The summed E-state index contributed by atoms with van der Waals surface area (Å²) in [4.78, 5) is 12.6. The first-order valence-electron chi connectivity index (χ1n) is 8.20. The highest BCUT2D eigenvalue weighted by molar-refractivity contribution is 5.88. The van der Waals surface area contributed by atoms with Crippen LogP contribution < -0.4 is 4.90 Å². The third kappa shape index (κ3) is 3.24. The van der Waals surface area contributed by atoms with Crippen LogP contribution in [0.5, 0.6) is 0 Å². The molecule has 0 aliphatic carbocycles. The van der Waals surface area contributed by atoms with E-state index < -0.39 is 4.92 Å². The van der Waals surface area contributed by atoms with Gasteiger partial charge in [0.1, 0.15) is 5.69 Å². The zero-order valence-corrected chi connectivity index (χ0v) is 14.2.